The number of methoxy groups -OCH3 is 1. The highest BCUT2D eigenvalue weighted by molar-refractivity contribution is 5.88. The van der Waals surface area contributed by atoms with Gasteiger partial charge in [0.2, 0.25) is 5.89 Å². The summed E-state index contributed by atoms with van der Waals surface area (Å²) in [5.41, 5.74) is 0.919. The number of rotatable bonds is 2. The van der Waals surface area contributed by atoms with Crippen molar-refractivity contribution < 1.29 is 13.9 Å². The summed E-state index contributed by atoms with van der Waals surface area (Å²) in [4.78, 5) is 19.3. The molecule has 0 aliphatic carbocycles. The Morgan fingerprint density at radius 1 is 1.50 bits per heavy atom. The van der Waals surface area contributed by atoms with E-state index in [0.29, 0.717) is 11.7 Å². The van der Waals surface area contributed by atoms with Crippen LogP contribution in [0.15, 0.2) is 28.9 Å². The van der Waals surface area contributed by atoms with Crippen molar-refractivity contribution >= 4 is 5.97 Å². The Morgan fingerprint density at radius 2 is 2.31 bits per heavy atom. The molecule has 0 aromatic carbocycles. The van der Waals surface area contributed by atoms with Crippen LogP contribution in [0.4, 0.5) is 0 Å². The third kappa shape index (κ3) is 1.79. The van der Waals surface area contributed by atoms with Gasteiger partial charge in [0.05, 0.1) is 12.7 Å². The molecule has 0 aliphatic heterocycles. The van der Waals surface area contributed by atoms with Gasteiger partial charge in [0.25, 0.3) is 0 Å². The highest BCUT2D eigenvalue weighted by Crippen LogP contribution is 2.20. The molecule has 82 valence electrons. The fraction of sp³-hybridized carbons (Fsp3) is 0.182. The summed E-state index contributed by atoms with van der Waals surface area (Å²) in [5.74, 6) is 0.299. The summed E-state index contributed by atoms with van der Waals surface area (Å²) in [6, 6.07) is 3.58. The molecule has 0 saturated heterocycles. The average molecular weight is 218 g/mol. The zero-order chi connectivity index (χ0) is 11.5. The molecule has 2 aromatic heterocycles. The van der Waals surface area contributed by atoms with Crippen molar-refractivity contribution in [2.24, 2.45) is 0 Å². The van der Waals surface area contributed by atoms with Gasteiger partial charge in [-0.05, 0) is 19.1 Å². The quantitative estimate of drug-likeness (QED) is 0.719. The van der Waals surface area contributed by atoms with E-state index in [-0.39, 0.29) is 5.69 Å². The molecule has 2 rings (SSSR count). The lowest BCUT2D eigenvalue weighted by Gasteiger charge is -1.92. The van der Waals surface area contributed by atoms with Crippen LogP contribution in [-0.2, 0) is 4.74 Å². The zero-order valence-corrected chi connectivity index (χ0v) is 8.93. The van der Waals surface area contributed by atoms with Gasteiger partial charge in [-0.15, -0.1) is 0 Å². The summed E-state index contributed by atoms with van der Waals surface area (Å²) in [7, 11) is 1.31. The van der Waals surface area contributed by atoms with E-state index in [1.165, 1.54) is 7.11 Å². The first-order chi connectivity index (χ1) is 7.72. The molecule has 0 aliphatic rings. The van der Waals surface area contributed by atoms with E-state index in [1.54, 1.807) is 31.5 Å². The van der Waals surface area contributed by atoms with Gasteiger partial charge in [0, 0.05) is 12.4 Å². The maximum Gasteiger partial charge on any atom is 0.360 e. The number of pyridine rings is 1. The first-order valence-corrected chi connectivity index (χ1v) is 4.68. The molecule has 2 aromatic rings. The minimum Gasteiger partial charge on any atom is -0.464 e. The van der Waals surface area contributed by atoms with Crippen LogP contribution in [0, 0.1) is 6.92 Å². The molecule has 5 heteroatoms. The SMILES string of the molecule is COC(=O)c1nc(-c2cccnc2)oc1C. The molecule has 5 nitrogen and oxygen atoms in total. The molecule has 2 heterocycles. The van der Waals surface area contributed by atoms with E-state index < -0.39 is 5.97 Å². The highest BCUT2D eigenvalue weighted by Gasteiger charge is 2.18. The lowest BCUT2D eigenvalue weighted by atomic mass is 10.3. The molecule has 0 fully saturated rings. The lowest BCUT2D eigenvalue weighted by Crippen LogP contribution is -2.03. The van der Waals surface area contributed by atoms with Crippen molar-refractivity contribution in [3.63, 3.8) is 0 Å². The summed E-state index contributed by atoms with van der Waals surface area (Å²) < 4.78 is 9.96. The Hall–Kier alpha value is -2.17. The minimum absolute atomic E-state index is 0.196. The second-order valence-electron chi connectivity index (χ2n) is 3.16. The summed E-state index contributed by atoms with van der Waals surface area (Å²) in [6.07, 6.45) is 3.27. The summed E-state index contributed by atoms with van der Waals surface area (Å²) >= 11 is 0. The average Bonchev–Trinajstić information content (AvgIpc) is 2.71. The van der Waals surface area contributed by atoms with E-state index in [9.17, 15) is 4.79 Å². The summed E-state index contributed by atoms with van der Waals surface area (Å²) in [5, 5.41) is 0. The van der Waals surface area contributed by atoms with Crippen LogP contribution in [0.25, 0.3) is 11.5 Å². The van der Waals surface area contributed by atoms with Crippen molar-refractivity contribution in [3.8, 4) is 11.5 Å². The van der Waals surface area contributed by atoms with Gasteiger partial charge in [-0.25, -0.2) is 9.78 Å². The van der Waals surface area contributed by atoms with Crippen LogP contribution in [0.5, 0.6) is 0 Å². The van der Waals surface area contributed by atoms with Crippen LogP contribution < -0.4 is 0 Å². The predicted octanol–water partition coefficient (Wildman–Crippen LogP) is 1.83. The fourth-order valence-corrected chi connectivity index (χ4v) is 1.30. The second kappa shape index (κ2) is 4.14. The first-order valence-electron chi connectivity index (χ1n) is 4.68. The van der Waals surface area contributed by atoms with Crippen LogP contribution in [-0.4, -0.2) is 23.0 Å². The Balaban J connectivity index is 2.42. The minimum atomic E-state index is -0.503. The van der Waals surface area contributed by atoms with Crippen LogP contribution >= 0.6 is 0 Å². The van der Waals surface area contributed by atoms with E-state index >= 15 is 0 Å². The monoisotopic (exact) mass is 218 g/mol. The largest absolute Gasteiger partial charge is 0.464 e. The zero-order valence-electron chi connectivity index (χ0n) is 8.93. The molecule has 0 N–H and O–H groups in total. The standard InChI is InChI=1S/C11H10N2O3/c1-7-9(11(14)15-2)13-10(16-7)8-4-3-5-12-6-8/h3-6H,1-2H3. The van der Waals surface area contributed by atoms with Gasteiger partial charge in [-0.1, -0.05) is 0 Å². The number of hydrogen-bond acceptors (Lipinski definition) is 5. The van der Waals surface area contributed by atoms with E-state index in [1.807, 2.05) is 0 Å². The van der Waals surface area contributed by atoms with Gasteiger partial charge in [0.15, 0.2) is 5.69 Å². The van der Waals surface area contributed by atoms with Crippen LogP contribution in [0.2, 0.25) is 0 Å². The van der Waals surface area contributed by atoms with Crippen LogP contribution in [0.1, 0.15) is 16.2 Å². The molecule has 0 unspecified atom stereocenters. The maximum atomic E-state index is 11.3. The van der Waals surface area contributed by atoms with Crippen molar-refractivity contribution in [1.82, 2.24) is 9.97 Å². The molecule has 0 radical (unpaired) electrons. The summed E-state index contributed by atoms with van der Waals surface area (Å²) in [6.45, 7) is 1.67. The van der Waals surface area contributed by atoms with Gasteiger partial charge in [0.1, 0.15) is 5.76 Å². The number of esters is 1. The van der Waals surface area contributed by atoms with Crippen molar-refractivity contribution in [1.29, 1.82) is 0 Å². The topological polar surface area (TPSA) is 65.2 Å². The Morgan fingerprint density at radius 3 is 2.94 bits per heavy atom. The number of ether oxygens (including phenoxy) is 1. The Kier molecular flexibility index (Phi) is 2.68. The number of hydrogen-bond donors (Lipinski definition) is 0. The molecular weight excluding hydrogens is 208 g/mol. The molecule has 0 amide bonds. The maximum absolute atomic E-state index is 11.3. The van der Waals surface area contributed by atoms with Gasteiger partial charge < -0.3 is 9.15 Å². The number of carbonyl (C=O) groups is 1. The Labute approximate surface area is 92.1 Å². The molecule has 0 saturated carbocycles. The lowest BCUT2D eigenvalue weighted by molar-refractivity contribution is 0.0593. The smallest absolute Gasteiger partial charge is 0.360 e. The first kappa shape index (κ1) is 10.4. The number of aryl methyl sites for hydroxylation is 1. The molecule has 0 spiro atoms. The van der Waals surface area contributed by atoms with Crippen molar-refractivity contribution in [2.45, 2.75) is 6.92 Å². The van der Waals surface area contributed by atoms with Gasteiger partial charge >= 0.3 is 5.97 Å². The highest BCUT2D eigenvalue weighted by atomic mass is 16.5. The number of carbonyl (C=O) groups excluding carboxylic acids is 1. The van der Waals surface area contributed by atoms with Gasteiger partial charge in [-0.2, -0.15) is 0 Å². The van der Waals surface area contributed by atoms with E-state index in [2.05, 4.69) is 14.7 Å². The van der Waals surface area contributed by atoms with E-state index in [4.69, 9.17) is 4.42 Å². The normalized spacial score (nSPS) is 10.1. The predicted molar refractivity (Wildman–Crippen MR) is 55.8 cm³/mol. The number of nitrogens with zero attached hydrogens (tertiary/aromatic N) is 2. The molecule has 0 atom stereocenters. The third-order valence-corrected chi connectivity index (χ3v) is 2.08. The Bertz CT molecular complexity index is 505. The van der Waals surface area contributed by atoms with Gasteiger partial charge in [-0.3, -0.25) is 4.98 Å². The third-order valence-electron chi connectivity index (χ3n) is 2.08. The van der Waals surface area contributed by atoms with Crippen molar-refractivity contribution in [2.75, 3.05) is 7.11 Å². The van der Waals surface area contributed by atoms with Crippen molar-refractivity contribution in [3.05, 3.63) is 36.0 Å². The number of aromatic nitrogens is 2. The fourth-order valence-electron chi connectivity index (χ4n) is 1.30. The molecule has 0 bridgehead atoms. The second-order valence-corrected chi connectivity index (χ2v) is 3.16. The van der Waals surface area contributed by atoms with Crippen LogP contribution in [0.3, 0.4) is 0 Å². The van der Waals surface area contributed by atoms with E-state index in [0.717, 1.165) is 5.56 Å². The number of oxazole rings is 1. The molecular formula is C11H10N2O3. The molecule has 16 heavy (non-hydrogen) atoms.